The van der Waals surface area contributed by atoms with E-state index in [4.69, 9.17) is 14.8 Å². The second-order valence-electron chi connectivity index (χ2n) is 8.99. The minimum absolute atomic E-state index is 0.0153. The monoisotopic (exact) mass is 468 g/mol. The predicted octanol–water partition coefficient (Wildman–Crippen LogP) is 2.82. The lowest BCUT2D eigenvalue weighted by Gasteiger charge is -2.31. The molecule has 33 heavy (non-hydrogen) atoms. The van der Waals surface area contributed by atoms with E-state index < -0.39 is 0 Å². The topological polar surface area (TPSA) is 75.0 Å². The molecule has 1 aromatic carbocycles. The maximum absolute atomic E-state index is 12.8. The smallest absolute Gasteiger partial charge is 0.224 e. The third-order valence-electron chi connectivity index (χ3n) is 6.50. The number of hydrogen-bond acceptors (Lipinski definition) is 7. The van der Waals surface area contributed by atoms with Crippen LogP contribution in [-0.4, -0.2) is 77.9 Å². The SMILES string of the molecule is Cc1ccc(-c2cn3nc(N4CCCC(C(=O)NCCCN5CCOCC5)C4)sc3n2)cc1. The molecule has 1 N–H and O–H groups in total. The Morgan fingerprint density at radius 2 is 2.03 bits per heavy atom. The molecular formula is C24H32N6O2S. The van der Waals surface area contributed by atoms with Gasteiger partial charge in [-0.15, -0.1) is 5.10 Å². The number of imidazole rings is 1. The molecule has 0 radical (unpaired) electrons. The first-order valence-corrected chi connectivity index (χ1v) is 12.7. The van der Waals surface area contributed by atoms with E-state index in [1.807, 2.05) is 10.7 Å². The molecule has 2 aliphatic rings. The summed E-state index contributed by atoms with van der Waals surface area (Å²) < 4.78 is 7.25. The quantitative estimate of drug-likeness (QED) is 0.538. The lowest BCUT2D eigenvalue weighted by atomic mass is 9.97. The van der Waals surface area contributed by atoms with Gasteiger partial charge in [-0.1, -0.05) is 41.2 Å². The normalized spacial score (nSPS) is 19.8. The first-order valence-electron chi connectivity index (χ1n) is 11.9. The Bertz CT molecular complexity index is 1040. The van der Waals surface area contributed by atoms with Crippen LogP contribution in [-0.2, 0) is 9.53 Å². The van der Waals surface area contributed by atoms with Crippen LogP contribution in [0.15, 0.2) is 30.5 Å². The third-order valence-corrected chi connectivity index (χ3v) is 7.48. The number of piperidine rings is 1. The van der Waals surface area contributed by atoms with Crippen LogP contribution in [0.5, 0.6) is 0 Å². The molecule has 2 aliphatic heterocycles. The van der Waals surface area contributed by atoms with Crippen molar-refractivity contribution >= 4 is 27.3 Å². The summed E-state index contributed by atoms with van der Waals surface area (Å²) in [6, 6.07) is 8.39. The number of ether oxygens (including phenoxy) is 1. The van der Waals surface area contributed by atoms with E-state index in [0.29, 0.717) is 0 Å². The van der Waals surface area contributed by atoms with Gasteiger partial charge < -0.3 is 15.0 Å². The molecule has 1 atom stereocenters. The van der Waals surface area contributed by atoms with E-state index in [9.17, 15) is 4.79 Å². The Balaban J connectivity index is 1.15. The minimum Gasteiger partial charge on any atom is -0.379 e. The molecule has 0 bridgehead atoms. The number of carbonyl (C=O) groups excluding carboxylic acids is 1. The van der Waals surface area contributed by atoms with Gasteiger partial charge in [0.15, 0.2) is 0 Å². The molecule has 8 nitrogen and oxygen atoms in total. The fourth-order valence-corrected chi connectivity index (χ4v) is 5.45. The zero-order valence-corrected chi connectivity index (χ0v) is 20.0. The molecule has 0 spiro atoms. The summed E-state index contributed by atoms with van der Waals surface area (Å²) in [4.78, 5) is 23.1. The zero-order chi connectivity index (χ0) is 22.6. The zero-order valence-electron chi connectivity index (χ0n) is 19.2. The molecule has 2 saturated heterocycles. The second kappa shape index (κ2) is 10.2. The Hall–Kier alpha value is -2.49. The van der Waals surface area contributed by atoms with Crippen LogP contribution in [0.4, 0.5) is 5.13 Å². The molecule has 2 fully saturated rings. The summed E-state index contributed by atoms with van der Waals surface area (Å²) in [5.74, 6) is 0.186. The van der Waals surface area contributed by atoms with Crippen molar-refractivity contribution in [3.8, 4) is 11.3 Å². The van der Waals surface area contributed by atoms with Gasteiger partial charge in [0, 0.05) is 38.3 Å². The largest absolute Gasteiger partial charge is 0.379 e. The van der Waals surface area contributed by atoms with Crippen LogP contribution in [0, 0.1) is 12.8 Å². The average molecular weight is 469 g/mol. The molecule has 2 aromatic heterocycles. The summed E-state index contributed by atoms with van der Waals surface area (Å²) in [5.41, 5.74) is 3.28. The Kier molecular flexibility index (Phi) is 6.89. The Morgan fingerprint density at radius 3 is 2.82 bits per heavy atom. The molecular weight excluding hydrogens is 436 g/mol. The van der Waals surface area contributed by atoms with Crippen LogP contribution in [0.3, 0.4) is 0 Å². The van der Waals surface area contributed by atoms with Gasteiger partial charge in [0.25, 0.3) is 0 Å². The Morgan fingerprint density at radius 1 is 1.21 bits per heavy atom. The van der Waals surface area contributed by atoms with Crippen molar-refractivity contribution in [3.63, 3.8) is 0 Å². The number of benzene rings is 1. The molecule has 0 saturated carbocycles. The van der Waals surface area contributed by atoms with Crippen LogP contribution in [0.2, 0.25) is 0 Å². The van der Waals surface area contributed by atoms with Crippen molar-refractivity contribution in [1.82, 2.24) is 24.8 Å². The summed E-state index contributed by atoms with van der Waals surface area (Å²) in [5, 5.41) is 8.87. The van der Waals surface area contributed by atoms with Gasteiger partial charge in [-0.3, -0.25) is 9.69 Å². The number of fused-ring (bicyclic) bond motifs is 1. The molecule has 4 heterocycles. The van der Waals surface area contributed by atoms with Crippen LogP contribution >= 0.6 is 11.3 Å². The van der Waals surface area contributed by atoms with Crippen molar-refractivity contribution < 1.29 is 9.53 Å². The maximum atomic E-state index is 12.8. The van der Waals surface area contributed by atoms with Crippen LogP contribution in [0.1, 0.15) is 24.8 Å². The van der Waals surface area contributed by atoms with Crippen molar-refractivity contribution in [2.24, 2.45) is 5.92 Å². The van der Waals surface area contributed by atoms with Gasteiger partial charge in [0.1, 0.15) is 0 Å². The van der Waals surface area contributed by atoms with Gasteiger partial charge in [-0.25, -0.2) is 9.50 Å². The number of carbonyl (C=O) groups is 1. The lowest BCUT2D eigenvalue weighted by Crippen LogP contribution is -2.44. The average Bonchev–Trinajstić information content (AvgIpc) is 3.43. The van der Waals surface area contributed by atoms with Gasteiger partial charge in [0.05, 0.1) is 31.0 Å². The van der Waals surface area contributed by atoms with Crippen molar-refractivity contribution in [3.05, 3.63) is 36.0 Å². The van der Waals surface area contributed by atoms with Gasteiger partial charge in [-0.2, -0.15) is 0 Å². The number of anilines is 1. The van der Waals surface area contributed by atoms with E-state index in [0.717, 1.165) is 93.1 Å². The summed E-state index contributed by atoms with van der Waals surface area (Å²) in [6.45, 7) is 9.12. The molecule has 3 aromatic rings. The van der Waals surface area contributed by atoms with Crippen LogP contribution in [0.25, 0.3) is 16.2 Å². The number of amides is 1. The molecule has 9 heteroatoms. The lowest BCUT2D eigenvalue weighted by molar-refractivity contribution is -0.125. The van der Waals surface area contributed by atoms with Crippen molar-refractivity contribution in [2.45, 2.75) is 26.2 Å². The molecule has 1 unspecified atom stereocenters. The molecule has 5 rings (SSSR count). The maximum Gasteiger partial charge on any atom is 0.224 e. The van der Waals surface area contributed by atoms with E-state index in [2.05, 4.69) is 46.3 Å². The van der Waals surface area contributed by atoms with E-state index in [1.165, 1.54) is 5.56 Å². The number of hydrogen-bond donors (Lipinski definition) is 1. The summed E-state index contributed by atoms with van der Waals surface area (Å²) in [6.07, 6.45) is 4.91. The summed E-state index contributed by atoms with van der Waals surface area (Å²) in [7, 11) is 0. The number of aromatic nitrogens is 3. The Labute approximate surface area is 198 Å². The number of aryl methyl sites for hydroxylation is 1. The van der Waals surface area contributed by atoms with Crippen LogP contribution < -0.4 is 10.2 Å². The standard InChI is InChI=1S/C24H32N6O2S/c1-18-5-7-19(8-6-18)21-17-30-23(26-21)33-24(27-30)29-11-2-4-20(16-29)22(31)25-9-3-10-28-12-14-32-15-13-28/h5-8,17,20H,2-4,9-16H2,1H3,(H,25,31). The fraction of sp³-hybridized carbons (Fsp3) is 0.542. The third kappa shape index (κ3) is 5.37. The number of rotatable bonds is 7. The predicted molar refractivity (Wildman–Crippen MR) is 131 cm³/mol. The number of nitrogens with zero attached hydrogens (tertiary/aromatic N) is 5. The van der Waals surface area contributed by atoms with Gasteiger partial charge in [0.2, 0.25) is 16.0 Å². The van der Waals surface area contributed by atoms with Crippen molar-refractivity contribution in [2.75, 3.05) is 57.4 Å². The highest BCUT2D eigenvalue weighted by atomic mass is 32.1. The highest BCUT2D eigenvalue weighted by Gasteiger charge is 2.27. The van der Waals surface area contributed by atoms with Crippen molar-refractivity contribution in [1.29, 1.82) is 0 Å². The van der Waals surface area contributed by atoms with Gasteiger partial charge >= 0.3 is 0 Å². The highest BCUT2D eigenvalue weighted by Crippen LogP contribution is 2.29. The van der Waals surface area contributed by atoms with E-state index in [1.54, 1.807) is 11.3 Å². The van der Waals surface area contributed by atoms with E-state index in [-0.39, 0.29) is 11.8 Å². The molecule has 1 amide bonds. The molecule has 0 aliphatic carbocycles. The fourth-order valence-electron chi connectivity index (χ4n) is 4.53. The van der Waals surface area contributed by atoms with Gasteiger partial charge in [-0.05, 0) is 32.7 Å². The minimum atomic E-state index is 0.0153. The first kappa shape index (κ1) is 22.3. The molecule has 176 valence electrons. The number of morpholine rings is 1. The summed E-state index contributed by atoms with van der Waals surface area (Å²) >= 11 is 1.59. The highest BCUT2D eigenvalue weighted by molar-refractivity contribution is 7.20. The van der Waals surface area contributed by atoms with E-state index >= 15 is 0 Å². The second-order valence-corrected chi connectivity index (χ2v) is 9.92. The first-order chi connectivity index (χ1) is 16.2. The number of nitrogens with one attached hydrogen (secondary N) is 1.